The largest absolute Gasteiger partial charge is 0.390 e. The van der Waals surface area contributed by atoms with Crippen LogP contribution in [0.4, 0.5) is 0 Å². The highest BCUT2D eigenvalue weighted by Gasteiger charge is 2.57. The Morgan fingerprint density at radius 2 is 1.56 bits per heavy atom. The molecule has 196 valence electrons. The number of aliphatic hydroxyl groups excluding tert-OH is 1. The van der Waals surface area contributed by atoms with E-state index in [9.17, 15) is 15.3 Å². The number of ether oxygens (including phenoxy) is 1. The van der Waals surface area contributed by atoms with Gasteiger partial charge in [-0.1, -0.05) is 32.4 Å². The van der Waals surface area contributed by atoms with Crippen molar-refractivity contribution in [2.75, 3.05) is 0 Å². The molecule has 3 fully saturated rings. The van der Waals surface area contributed by atoms with E-state index >= 15 is 0 Å². The molecule has 1 heterocycles. The fourth-order valence-electron chi connectivity index (χ4n) is 8.86. The van der Waals surface area contributed by atoms with Crippen LogP contribution in [0, 0.1) is 34.5 Å². The molecule has 0 bridgehead atoms. The average molecular weight is 477 g/mol. The average Bonchev–Trinajstić information content (AvgIpc) is 2.80. The van der Waals surface area contributed by atoms with Gasteiger partial charge in [0.25, 0.3) is 0 Å². The molecule has 4 heteroatoms. The van der Waals surface area contributed by atoms with E-state index in [0.717, 1.165) is 57.8 Å². The van der Waals surface area contributed by atoms with Gasteiger partial charge in [0.15, 0.2) is 0 Å². The SMILES string of the molecule is CC1=CC[C@H]2[C@@H]([C@@H]1CC[C@H]1[C@]3(C)CC[C@H](O)C(C)(C)O[C@H]3CC[C@]1(C)O)C(C)(C)CC[C@]2(C)O. The summed E-state index contributed by atoms with van der Waals surface area (Å²) in [6.07, 6.45) is 10.1. The van der Waals surface area contributed by atoms with Gasteiger partial charge in [-0.2, -0.15) is 0 Å². The summed E-state index contributed by atoms with van der Waals surface area (Å²) in [5.41, 5.74) is -0.362. The zero-order chi connectivity index (χ0) is 25.3. The Bertz CT molecular complexity index is 794. The summed E-state index contributed by atoms with van der Waals surface area (Å²) in [5, 5.41) is 33.7. The van der Waals surface area contributed by atoms with Gasteiger partial charge in [0, 0.05) is 0 Å². The van der Waals surface area contributed by atoms with Crippen molar-refractivity contribution in [3.8, 4) is 0 Å². The lowest BCUT2D eigenvalue weighted by Crippen LogP contribution is -2.57. The van der Waals surface area contributed by atoms with Gasteiger partial charge < -0.3 is 20.1 Å². The molecule has 4 aliphatic rings. The van der Waals surface area contributed by atoms with Gasteiger partial charge in [0.05, 0.1) is 29.0 Å². The highest BCUT2D eigenvalue weighted by atomic mass is 16.5. The van der Waals surface area contributed by atoms with Crippen molar-refractivity contribution in [2.45, 2.75) is 142 Å². The summed E-state index contributed by atoms with van der Waals surface area (Å²) in [4.78, 5) is 0. The molecule has 2 saturated carbocycles. The minimum atomic E-state index is -0.729. The lowest BCUT2D eigenvalue weighted by molar-refractivity contribution is -0.207. The highest BCUT2D eigenvalue weighted by molar-refractivity contribution is 5.18. The monoisotopic (exact) mass is 476 g/mol. The maximum Gasteiger partial charge on any atom is 0.0888 e. The van der Waals surface area contributed by atoms with Gasteiger partial charge in [-0.3, -0.25) is 0 Å². The molecule has 3 aliphatic carbocycles. The van der Waals surface area contributed by atoms with Crippen molar-refractivity contribution >= 4 is 0 Å². The normalized spacial score (nSPS) is 50.5. The van der Waals surface area contributed by atoms with Crippen LogP contribution in [0.25, 0.3) is 0 Å². The van der Waals surface area contributed by atoms with Crippen molar-refractivity contribution in [3.05, 3.63) is 11.6 Å². The Hall–Kier alpha value is -0.420. The van der Waals surface area contributed by atoms with Gasteiger partial charge in [-0.15, -0.1) is 0 Å². The van der Waals surface area contributed by atoms with E-state index in [-0.39, 0.29) is 22.9 Å². The van der Waals surface area contributed by atoms with Crippen molar-refractivity contribution in [1.29, 1.82) is 0 Å². The first-order valence-corrected chi connectivity index (χ1v) is 14.0. The molecule has 0 unspecified atom stereocenters. The zero-order valence-corrected chi connectivity index (χ0v) is 23.2. The molecule has 0 spiro atoms. The lowest BCUT2D eigenvalue weighted by Gasteiger charge is -2.57. The molecule has 1 aliphatic heterocycles. The van der Waals surface area contributed by atoms with E-state index < -0.39 is 22.9 Å². The molecule has 3 N–H and O–H groups in total. The Kier molecular flexibility index (Phi) is 6.71. The summed E-state index contributed by atoms with van der Waals surface area (Å²) in [7, 11) is 0. The zero-order valence-electron chi connectivity index (χ0n) is 23.2. The molecular weight excluding hydrogens is 424 g/mol. The van der Waals surface area contributed by atoms with E-state index in [1.165, 1.54) is 5.57 Å². The predicted molar refractivity (Wildman–Crippen MR) is 137 cm³/mol. The van der Waals surface area contributed by atoms with E-state index in [1.807, 2.05) is 20.8 Å². The molecule has 1 saturated heterocycles. The summed E-state index contributed by atoms with van der Waals surface area (Å²) in [6, 6.07) is 0. The molecule has 0 aromatic carbocycles. The van der Waals surface area contributed by atoms with Gasteiger partial charge in [0.2, 0.25) is 0 Å². The molecule has 0 radical (unpaired) electrons. The second-order valence-electron chi connectivity index (χ2n) is 14.6. The summed E-state index contributed by atoms with van der Waals surface area (Å²) >= 11 is 0. The molecule has 9 atom stereocenters. The van der Waals surface area contributed by atoms with E-state index in [4.69, 9.17) is 4.74 Å². The van der Waals surface area contributed by atoms with Crippen LogP contribution in [0.1, 0.15) is 113 Å². The standard InChI is InChI=1S/C30H52O4/c1-19-9-11-21-25(26(2,3)17-18-29(21,7)32)20(19)10-12-22-28(6)15-13-23(31)27(4,5)34-24(28)14-16-30(22,8)33/h9,20-25,31-33H,10-18H2,1-8H3/t20-,21+,22+,23+,24+,25-,28+,29+,30+/m1/s1. The Balaban J connectivity index is 1.61. The Morgan fingerprint density at radius 3 is 2.24 bits per heavy atom. The minimum Gasteiger partial charge on any atom is -0.390 e. The number of rotatable bonds is 3. The van der Waals surface area contributed by atoms with Crippen LogP contribution in [-0.2, 0) is 4.74 Å². The highest BCUT2D eigenvalue weighted by Crippen LogP contribution is 2.59. The fourth-order valence-corrected chi connectivity index (χ4v) is 8.86. The molecule has 0 aromatic rings. The molecule has 4 nitrogen and oxygen atoms in total. The fraction of sp³-hybridized carbons (Fsp3) is 0.933. The second kappa shape index (κ2) is 8.57. The van der Waals surface area contributed by atoms with Crippen LogP contribution < -0.4 is 0 Å². The van der Waals surface area contributed by atoms with Crippen LogP contribution in [0.5, 0.6) is 0 Å². The second-order valence-corrected chi connectivity index (χ2v) is 14.6. The summed E-state index contributed by atoms with van der Waals surface area (Å²) in [6.45, 7) is 17.5. The number of fused-ring (bicyclic) bond motifs is 2. The first-order valence-electron chi connectivity index (χ1n) is 14.0. The van der Waals surface area contributed by atoms with Crippen LogP contribution >= 0.6 is 0 Å². The predicted octanol–water partition coefficient (Wildman–Crippen LogP) is 6.02. The molecule has 0 aromatic heterocycles. The van der Waals surface area contributed by atoms with Crippen LogP contribution in [0.15, 0.2) is 11.6 Å². The number of aliphatic hydroxyl groups is 3. The summed E-state index contributed by atoms with van der Waals surface area (Å²) < 4.78 is 6.60. The van der Waals surface area contributed by atoms with Crippen LogP contribution in [0.3, 0.4) is 0 Å². The van der Waals surface area contributed by atoms with E-state index in [2.05, 4.69) is 40.7 Å². The maximum atomic E-state index is 11.7. The maximum absolute atomic E-state index is 11.7. The molecule has 4 rings (SSSR count). The smallest absolute Gasteiger partial charge is 0.0888 e. The van der Waals surface area contributed by atoms with Crippen LogP contribution in [0.2, 0.25) is 0 Å². The molecule has 34 heavy (non-hydrogen) atoms. The van der Waals surface area contributed by atoms with Crippen molar-refractivity contribution in [1.82, 2.24) is 0 Å². The topological polar surface area (TPSA) is 69.9 Å². The van der Waals surface area contributed by atoms with Crippen molar-refractivity contribution in [2.24, 2.45) is 34.5 Å². The van der Waals surface area contributed by atoms with Crippen molar-refractivity contribution < 1.29 is 20.1 Å². The summed E-state index contributed by atoms with van der Waals surface area (Å²) in [5.74, 6) is 1.33. The van der Waals surface area contributed by atoms with Crippen molar-refractivity contribution in [3.63, 3.8) is 0 Å². The molecular formula is C30H52O4. The molecule has 0 amide bonds. The van der Waals surface area contributed by atoms with Gasteiger partial charge in [0.1, 0.15) is 0 Å². The van der Waals surface area contributed by atoms with E-state index in [0.29, 0.717) is 17.8 Å². The Morgan fingerprint density at radius 1 is 0.882 bits per heavy atom. The number of allylic oxidation sites excluding steroid dienone is 2. The van der Waals surface area contributed by atoms with Gasteiger partial charge in [-0.05, 0) is 127 Å². The van der Waals surface area contributed by atoms with E-state index in [1.54, 1.807) is 0 Å². The quantitative estimate of drug-likeness (QED) is 0.436. The number of hydrogen-bond donors (Lipinski definition) is 3. The third-order valence-corrected chi connectivity index (χ3v) is 11.3. The first-order chi connectivity index (χ1) is 15.5. The number of hydrogen-bond acceptors (Lipinski definition) is 4. The minimum absolute atomic E-state index is 0.0625. The lowest BCUT2D eigenvalue weighted by atomic mass is 9.50. The third kappa shape index (κ3) is 4.44. The van der Waals surface area contributed by atoms with Gasteiger partial charge >= 0.3 is 0 Å². The first kappa shape index (κ1) is 26.6. The Labute approximate surface area is 208 Å². The van der Waals surface area contributed by atoms with Gasteiger partial charge in [-0.25, -0.2) is 0 Å². The third-order valence-electron chi connectivity index (χ3n) is 11.3. The van der Waals surface area contributed by atoms with Crippen LogP contribution in [-0.4, -0.2) is 44.3 Å².